The number of fused-ring (bicyclic) bond motifs is 2. The number of nitrogens with one attached hydrogen (secondary N) is 1. The molecule has 0 aromatic carbocycles. The van der Waals surface area contributed by atoms with Gasteiger partial charge >= 0.3 is 11.8 Å². The average molecular weight is 409 g/mol. The van der Waals surface area contributed by atoms with Crippen LogP contribution in [0, 0.1) is 6.92 Å². The van der Waals surface area contributed by atoms with Crippen LogP contribution in [0.5, 0.6) is 0 Å². The molecule has 0 aliphatic carbocycles. The molecular weight excluding hydrogens is 389 g/mol. The number of hydrogen-bond acceptors (Lipinski definition) is 6. The number of imidazole rings is 1. The minimum atomic E-state index is -1.83. The molecule has 1 aliphatic rings. The predicted octanol–water partition coefficient (Wildman–Crippen LogP) is 2.74. The molecule has 30 heavy (non-hydrogen) atoms. The van der Waals surface area contributed by atoms with Crippen molar-refractivity contribution in [3.8, 4) is 0 Å². The SMILES string of the molecule is Cc1ccc2cc([C@@H]3c4nc[nH]c4CCN3C(=O)c3nnc(C(C)(C)F)o3)nn2c1. The van der Waals surface area contributed by atoms with Gasteiger partial charge in [-0.2, -0.15) is 5.10 Å². The Morgan fingerprint density at radius 3 is 2.93 bits per heavy atom. The molecule has 1 atom stereocenters. The smallest absolute Gasteiger partial charge is 0.312 e. The number of rotatable bonds is 3. The number of aryl methyl sites for hydroxylation is 1. The van der Waals surface area contributed by atoms with Crippen LogP contribution in [0.3, 0.4) is 0 Å². The van der Waals surface area contributed by atoms with Gasteiger partial charge in [-0.1, -0.05) is 6.07 Å². The van der Waals surface area contributed by atoms with Crippen molar-refractivity contribution < 1.29 is 13.6 Å². The molecule has 0 spiro atoms. The number of alkyl halides is 1. The van der Waals surface area contributed by atoms with Crippen LogP contribution in [-0.4, -0.2) is 47.1 Å². The van der Waals surface area contributed by atoms with E-state index in [1.54, 1.807) is 15.7 Å². The van der Waals surface area contributed by atoms with E-state index in [-0.39, 0.29) is 11.8 Å². The molecule has 1 amide bonds. The van der Waals surface area contributed by atoms with Crippen LogP contribution in [0.1, 0.15) is 59.1 Å². The summed E-state index contributed by atoms with van der Waals surface area (Å²) >= 11 is 0. The van der Waals surface area contributed by atoms with Gasteiger partial charge in [0.05, 0.1) is 23.2 Å². The summed E-state index contributed by atoms with van der Waals surface area (Å²) in [7, 11) is 0. The van der Waals surface area contributed by atoms with Crippen LogP contribution in [0.4, 0.5) is 4.39 Å². The van der Waals surface area contributed by atoms with Gasteiger partial charge in [0, 0.05) is 24.9 Å². The molecule has 1 N–H and O–H groups in total. The highest BCUT2D eigenvalue weighted by molar-refractivity contribution is 5.90. The normalized spacial score (nSPS) is 16.8. The molecule has 0 radical (unpaired) electrons. The first-order chi connectivity index (χ1) is 14.3. The van der Waals surface area contributed by atoms with E-state index in [9.17, 15) is 9.18 Å². The quantitative estimate of drug-likeness (QED) is 0.558. The second-order valence-electron chi connectivity index (χ2n) is 7.95. The van der Waals surface area contributed by atoms with E-state index in [0.29, 0.717) is 18.7 Å². The molecule has 0 saturated heterocycles. The maximum absolute atomic E-state index is 14.1. The largest absolute Gasteiger partial charge is 0.413 e. The minimum absolute atomic E-state index is 0.233. The number of hydrogen-bond donors (Lipinski definition) is 1. The fraction of sp³-hybridized carbons (Fsp3) is 0.350. The van der Waals surface area contributed by atoms with E-state index >= 15 is 0 Å². The zero-order valence-corrected chi connectivity index (χ0v) is 16.8. The molecule has 4 aromatic rings. The fourth-order valence-corrected chi connectivity index (χ4v) is 3.71. The van der Waals surface area contributed by atoms with Crippen molar-refractivity contribution in [2.24, 2.45) is 0 Å². The number of aromatic amines is 1. The van der Waals surface area contributed by atoms with Crippen molar-refractivity contribution in [2.45, 2.75) is 38.9 Å². The molecule has 0 saturated carbocycles. The minimum Gasteiger partial charge on any atom is -0.413 e. The first kappa shape index (κ1) is 18.5. The second kappa shape index (κ2) is 6.48. The van der Waals surface area contributed by atoms with Crippen molar-refractivity contribution in [3.05, 3.63) is 65.1 Å². The van der Waals surface area contributed by atoms with Crippen molar-refractivity contribution in [1.29, 1.82) is 0 Å². The van der Waals surface area contributed by atoms with Gasteiger partial charge in [-0.15, -0.1) is 10.2 Å². The third kappa shape index (κ3) is 2.95. The Kier molecular flexibility index (Phi) is 3.99. The summed E-state index contributed by atoms with van der Waals surface area (Å²) in [5, 5.41) is 12.2. The number of amides is 1. The summed E-state index contributed by atoms with van der Waals surface area (Å²) in [6.07, 6.45) is 4.13. The standard InChI is InChI=1S/C20H20FN7O2/c1-11-4-5-12-8-14(26-28(12)9-11)16-15-13(22-10-23-15)6-7-27(16)18(29)17-24-25-19(30-17)20(2,3)21/h4-5,8-10,16H,6-7H2,1-3H3,(H,22,23)/t16-/m1/s1. The molecule has 5 rings (SSSR count). The summed E-state index contributed by atoms with van der Waals surface area (Å²) in [5.74, 6) is -0.965. The number of pyridine rings is 1. The van der Waals surface area contributed by atoms with E-state index in [1.807, 2.05) is 31.3 Å². The van der Waals surface area contributed by atoms with Gasteiger partial charge in [0.25, 0.3) is 5.89 Å². The Labute approximate surface area is 170 Å². The van der Waals surface area contributed by atoms with E-state index in [0.717, 1.165) is 22.5 Å². The third-order valence-corrected chi connectivity index (χ3v) is 5.21. The topological polar surface area (TPSA) is 105 Å². The van der Waals surface area contributed by atoms with Gasteiger partial charge in [0.15, 0.2) is 5.67 Å². The first-order valence-electron chi connectivity index (χ1n) is 9.63. The lowest BCUT2D eigenvalue weighted by atomic mass is 9.99. The van der Waals surface area contributed by atoms with Gasteiger partial charge in [0.1, 0.15) is 6.04 Å². The Morgan fingerprint density at radius 2 is 2.17 bits per heavy atom. The highest BCUT2D eigenvalue weighted by Crippen LogP contribution is 2.34. The number of nitrogens with zero attached hydrogens (tertiary/aromatic N) is 6. The van der Waals surface area contributed by atoms with Gasteiger partial charge in [-0.3, -0.25) is 4.79 Å². The second-order valence-corrected chi connectivity index (χ2v) is 7.95. The van der Waals surface area contributed by atoms with Gasteiger partial charge in [0.2, 0.25) is 0 Å². The Morgan fingerprint density at radius 1 is 1.33 bits per heavy atom. The first-order valence-corrected chi connectivity index (χ1v) is 9.63. The molecule has 10 heteroatoms. The zero-order chi connectivity index (χ0) is 21.0. The summed E-state index contributed by atoms with van der Waals surface area (Å²) in [6.45, 7) is 4.99. The summed E-state index contributed by atoms with van der Waals surface area (Å²) in [6, 6.07) is 5.38. The third-order valence-electron chi connectivity index (χ3n) is 5.21. The highest BCUT2D eigenvalue weighted by atomic mass is 19.1. The van der Waals surface area contributed by atoms with Crippen molar-refractivity contribution in [2.75, 3.05) is 6.54 Å². The lowest BCUT2D eigenvalue weighted by Gasteiger charge is -2.32. The Balaban J connectivity index is 1.58. The summed E-state index contributed by atoms with van der Waals surface area (Å²) in [4.78, 5) is 22.4. The highest BCUT2D eigenvalue weighted by Gasteiger charge is 2.39. The number of H-pyrrole nitrogens is 1. The lowest BCUT2D eigenvalue weighted by molar-refractivity contribution is 0.0636. The Bertz CT molecular complexity index is 1250. The predicted molar refractivity (Wildman–Crippen MR) is 104 cm³/mol. The lowest BCUT2D eigenvalue weighted by Crippen LogP contribution is -2.41. The van der Waals surface area contributed by atoms with Crippen LogP contribution >= 0.6 is 0 Å². The fourth-order valence-electron chi connectivity index (χ4n) is 3.71. The Hall–Kier alpha value is -3.56. The number of carbonyl (C=O) groups is 1. The van der Waals surface area contributed by atoms with Crippen molar-refractivity contribution in [1.82, 2.24) is 34.7 Å². The van der Waals surface area contributed by atoms with Crippen LogP contribution in [0.2, 0.25) is 0 Å². The van der Waals surface area contributed by atoms with Gasteiger partial charge in [-0.05, 0) is 38.5 Å². The molecule has 5 heterocycles. The van der Waals surface area contributed by atoms with E-state index in [2.05, 4.69) is 25.3 Å². The maximum Gasteiger partial charge on any atom is 0.312 e. The van der Waals surface area contributed by atoms with E-state index < -0.39 is 17.6 Å². The average Bonchev–Trinajstić information content (AvgIpc) is 3.43. The van der Waals surface area contributed by atoms with Crippen LogP contribution in [0.15, 0.2) is 35.1 Å². The van der Waals surface area contributed by atoms with Crippen molar-refractivity contribution >= 4 is 11.4 Å². The van der Waals surface area contributed by atoms with Crippen LogP contribution in [-0.2, 0) is 12.1 Å². The van der Waals surface area contributed by atoms with E-state index in [1.165, 1.54) is 13.8 Å². The molecule has 0 fully saturated rings. The molecule has 154 valence electrons. The summed E-state index contributed by atoms with van der Waals surface area (Å²) < 4.78 is 21.3. The van der Waals surface area contributed by atoms with Gasteiger partial charge < -0.3 is 14.3 Å². The number of carbonyl (C=O) groups excluding carboxylic acids is 1. The molecule has 0 bridgehead atoms. The number of halogens is 1. The zero-order valence-electron chi connectivity index (χ0n) is 16.8. The molecule has 1 aliphatic heterocycles. The number of aromatic nitrogens is 6. The van der Waals surface area contributed by atoms with E-state index in [4.69, 9.17) is 4.42 Å². The summed E-state index contributed by atoms with van der Waals surface area (Å²) in [5.41, 5.74) is 2.49. The van der Waals surface area contributed by atoms with Crippen LogP contribution in [0.25, 0.3) is 5.52 Å². The molecular formula is C20H20FN7O2. The van der Waals surface area contributed by atoms with Crippen molar-refractivity contribution in [3.63, 3.8) is 0 Å². The molecule has 4 aromatic heterocycles. The maximum atomic E-state index is 14.1. The monoisotopic (exact) mass is 409 g/mol. The van der Waals surface area contributed by atoms with Gasteiger partial charge in [-0.25, -0.2) is 13.9 Å². The van der Waals surface area contributed by atoms with Crippen LogP contribution < -0.4 is 0 Å². The molecule has 9 nitrogen and oxygen atoms in total. The molecule has 0 unspecified atom stereocenters.